The van der Waals surface area contributed by atoms with Crippen LogP contribution in [0.5, 0.6) is 5.75 Å². The number of carbonyl (C=O) groups excluding carboxylic acids is 1. The van der Waals surface area contributed by atoms with Crippen LogP contribution in [0.4, 0.5) is 5.82 Å². The summed E-state index contributed by atoms with van der Waals surface area (Å²) in [5, 5.41) is 4.23. The van der Waals surface area contributed by atoms with Crippen LogP contribution in [0.3, 0.4) is 0 Å². The van der Waals surface area contributed by atoms with Crippen LogP contribution >= 0.6 is 0 Å². The Kier molecular flexibility index (Phi) is 4.09. The van der Waals surface area contributed by atoms with E-state index in [4.69, 9.17) is 10.5 Å². The molecule has 0 radical (unpaired) electrons. The number of carbonyl (C=O) groups is 1. The first-order valence-electron chi connectivity index (χ1n) is 10.4. The highest BCUT2D eigenvalue weighted by molar-refractivity contribution is 5.96. The van der Waals surface area contributed by atoms with Crippen molar-refractivity contribution in [1.82, 2.24) is 34.0 Å². The van der Waals surface area contributed by atoms with Gasteiger partial charge in [-0.3, -0.25) is 13.9 Å². The third-order valence-electron chi connectivity index (χ3n) is 6.08. The van der Waals surface area contributed by atoms with Crippen LogP contribution in [0.2, 0.25) is 0 Å². The molecule has 33 heavy (non-hydrogen) atoms. The van der Waals surface area contributed by atoms with Gasteiger partial charge >= 0.3 is 0 Å². The summed E-state index contributed by atoms with van der Waals surface area (Å²) in [6.45, 7) is 0.380. The van der Waals surface area contributed by atoms with Gasteiger partial charge in [0.2, 0.25) is 0 Å². The Hall–Kier alpha value is -4.47. The first-order chi connectivity index (χ1) is 16.0. The van der Waals surface area contributed by atoms with Gasteiger partial charge in [0.25, 0.3) is 5.91 Å². The molecule has 5 heterocycles. The highest BCUT2D eigenvalue weighted by Crippen LogP contribution is 2.38. The highest BCUT2D eigenvalue weighted by atomic mass is 16.5. The second-order valence-electron chi connectivity index (χ2n) is 8.10. The van der Waals surface area contributed by atoms with E-state index in [2.05, 4.69) is 20.1 Å². The first kappa shape index (κ1) is 19.2. The maximum absolute atomic E-state index is 13.3. The molecule has 2 N–H and O–H groups in total. The van der Waals surface area contributed by atoms with Crippen molar-refractivity contribution in [3.05, 3.63) is 66.6 Å². The third-order valence-corrected chi connectivity index (χ3v) is 6.08. The number of hydrogen-bond donors (Lipinski definition) is 1. The molecule has 1 aliphatic heterocycles. The van der Waals surface area contributed by atoms with Crippen LogP contribution in [-0.4, -0.2) is 53.6 Å². The minimum absolute atomic E-state index is 0.209. The molecule has 164 valence electrons. The third kappa shape index (κ3) is 2.99. The van der Waals surface area contributed by atoms with Crippen molar-refractivity contribution in [3.8, 4) is 16.9 Å². The zero-order chi connectivity index (χ0) is 22.7. The Balaban J connectivity index is 1.32. The standard InChI is InChI=1S/C23H20N8O2/c1-29-10-14(7-27-29)13-3-4-15-20(11-33-21(15)5-13)30(2)23(32)16-6-18-17(8-26-16)28-22(24)19-9-25-12-31(18)19/h3-10,12,20H,11H2,1-2H3,(H2,24,28)/t20-/m0/s1. The molecular weight excluding hydrogens is 420 g/mol. The van der Waals surface area contributed by atoms with E-state index in [0.29, 0.717) is 34.7 Å². The van der Waals surface area contributed by atoms with Crippen molar-refractivity contribution in [1.29, 1.82) is 0 Å². The molecule has 4 aromatic heterocycles. The van der Waals surface area contributed by atoms with E-state index >= 15 is 0 Å². The average Bonchev–Trinajstić information content (AvgIpc) is 3.57. The number of hydrogen-bond acceptors (Lipinski definition) is 7. The van der Waals surface area contributed by atoms with Crippen LogP contribution in [0.1, 0.15) is 22.1 Å². The van der Waals surface area contributed by atoms with E-state index < -0.39 is 0 Å². The summed E-state index contributed by atoms with van der Waals surface area (Å²) >= 11 is 0. The molecule has 6 rings (SSSR count). The normalized spacial score (nSPS) is 15.0. The number of rotatable bonds is 3. The molecular formula is C23H20N8O2. The fourth-order valence-electron chi connectivity index (χ4n) is 4.28. The maximum atomic E-state index is 13.3. The van der Waals surface area contributed by atoms with E-state index in [-0.39, 0.29) is 11.9 Å². The van der Waals surface area contributed by atoms with Gasteiger partial charge in [0.1, 0.15) is 34.9 Å². The monoisotopic (exact) mass is 440 g/mol. The number of imidazole rings is 1. The summed E-state index contributed by atoms with van der Waals surface area (Å²) in [4.78, 5) is 27.9. The van der Waals surface area contributed by atoms with Crippen LogP contribution < -0.4 is 10.5 Å². The lowest BCUT2D eigenvalue weighted by Crippen LogP contribution is -2.32. The maximum Gasteiger partial charge on any atom is 0.272 e. The number of benzene rings is 1. The number of nitrogens with two attached hydrogens (primary N) is 1. The van der Waals surface area contributed by atoms with Crippen LogP contribution in [0.15, 0.2) is 55.4 Å². The molecule has 0 saturated carbocycles. The average molecular weight is 440 g/mol. The SMILES string of the molecule is CN(C(=O)c1cc2c(cn1)nc(N)c1cncn12)[C@H]1COc2cc(-c3cnn(C)c3)ccc21. The fourth-order valence-corrected chi connectivity index (χ4v) is 4.28. The Bertz CT molecular complexity index is 1550. The number of aromatic nitrogens is 6. The summed E-state index contributed by atoms with van der Waals surface area (Å²) < 4.78 is 9.51. The second kappa shape index (κ2) is 7.02. The molecule has 0 bridgehead atoms. The summed E-state index contributed by atoms with van der Waals surface area (Å²) in [7, 11) is 3.65. The molecule has 10 heteroatoms. The number of likely N-dealkylation sites (N-methyl/N-ethyl adjacent to an activating group) is 1. The number of nitrogen functional groups attached to an aromatic ring is 1. The van der Waals surface area contributed by atoms with E-state index in [1.165, 1.54) is 0 Å². The second-order valence-corrected chi connectivity index (χ2v) is 8.10. The van der Waals surface area contributed by atoms with Gasteiger partial charge < -0.3 is 15.4 Å². The number of amides is 1. The minimum Gasteiger partial charge on any atom is -0.491 e. The highest BCUT2D eigenvalue weighted by Gasteiger charge is 2.31. The van der Waals surface area contributed by atoms with Crippen LogP contribution in [0, 0.1) is 0 Å². The van der Waals surface area contributed by atoms with E-state index in [9.17, 15) is 4.79 Å². The molecule has 0 aliphatic carbocycles. The summed E-state index contributed by atoms with van der Waals surface area (Å²) in [6.07, 6.45) is 8.62. The molecule has 0 fully saturated rings. The zero-order valence-electron chi connectivity index (χ0n) is 18.0. The van der Waals surface area contributed by atoms with Crippen LogP contribution in [-0.2, 0) is 7.05 Å². The molecule has 1 amide bonds. The lowest BCUT2D eigenvalue weighted by Gasteiger charge is -2.23. The molecule has 10 nitrogen and oxygen atoms in total. The van der Waals surface area contributed by atoms with Gasteiger partial charge in [-0.25, -0.2) is 15.0 Å². The molecule has 0 spiro atoms. The number of fused-ring (bicyclic) bond motifs is 4. The predicted molar refractivity (Wildman–Crippen MR) is 122 cm³/mol. The fraction of sp³-hybridized carbons (Fsp3) is 0.174. The van der Waals surface area contributed by atoms with Gasteiger partial charge in [0, 0.05) is 31.4 Å². The number of anilines is 1. The van der Waals surface area contributed by atoms with Gasteiger partial charge in [-0.15, -0.1) is 0 Å². The quantitative estimate of drug-likeness (QED) is 0.458. The van der Waals surface area contributed by atoms with Gasteiger partial charge in [-0.2, -0.15) is 5.10 Å². The number of ether oxygens (including phenoxy) is 1. The topological polar surface area (TPSA) is 116 Å². The Morgan fingerprint density at radius 1 is 1.18 bits per heavy atom. The van der Waals surface area contributed by atoms with Gasteiger partial charge in [0.05, 0.1) is 36.5 Å². The van der Waals surface area contributed by atoms with Crippen molar-refractivity contribution in [2.75, 3.05) is 19.4 Å². The van der Waals surface area contributed by atoms with Crippen molar-refractivity contribution in [3.63, 3.8) is 0 Å². The van der Waals surface area contributed by atoms with E-state index in [1.54, 1.807) is 41.4 Å². The van der Waals surface area contributed by atoms with Gasteiger partial charge in [-0.1, -0.05) is 12.1 Å². The van der Waals surface area contributed by atoms with Crippen molar-refractivity contribution < 1.29 is 9.53 Å². The zero-order valence-corrected chi connectivity index (χ0v) is 18.0. The summed E-state index contributed by atoms with van der Waals surface area (Å²) in [5.74, 6) is 0.926. The number of nitrogens with zero attached hydrogens (tertiary/aromatic N) is 7. The minimum atomic E-state index is -0.217. The van der Waals surface area contributed by atoms with Crippen molar-refractivity contribution >= 4 is 28.3 Å². The molecule has 0 unspecified atom stereocenters. The molecule has 5 aromatic rings. The molecule has 0 saturated heterocycles. The largest absolute Gasteiger partial charge is 0.491 e. The Morgan fingerprint density at radius 3 is 2.88 bits per heavy atom. The molecule has 1 aromatic carbocycles. The Morgan fingerprint density at radius 2 is 2.06 bits per heavy atom. The number of aryl methyl sites for hydroxylation is 1. The summed E-state index contributed by atoms with van der Waals surface area (Å²) in [5.41, 5.74) is 11.3. The molecule has 1 aliphatic rings. The van der Waals surface area contributed by atoms with Crippen molar-refractivity contribution in [2.45, 2.75) is 6.04 Å². The summed E-state index contributed by atoms with van der Waals surface area (Å²) in [6, 6.07) is 7.53. The van der Waals surface area contributed by atoms with Crippen LogP contribution in [0.25, 0.3) is 27.7 Å². The van der Waals surface area contributed by atoms with Crippen molar-refractivity contribution in [2.24, 2.45) is 7.05 Å². The lowest BCUT2D eigenvalue weighted by atomic mass is 10.0. The van der Waals surface area contributed by atoms with Gasteiger partial charge in [-0.05, 0) is 17.7 Å². The van der Waals surface area contributed by atoms with E-state index in [1.807, 2.05) is 42.0 Å². The Labute approximate surface area is 188 Å². The predicted octanol–water partition coefficient (Wildman–Crippen LogP) is 2.47. The molecule has 1 atom stereocenters. The lowest BCUT2D eigenvalue weighted by molar-refractivity contribution is 0.0703. The number of pyridine rings is 1. The smallest absolute Gasteiger partial charge is 0.272 e. The van der Waals surface area contributed by atoms with E-state index in [0.717, 1.165) is 22.4 Å². The first-order valence-corrected chi connectivity index (χ1v) is 10.4. The van der Waals surface area contributed by atoms with Gasteiger partial charge in [0.15, 0.2) is 0 Å².